The quantitative estimate of drug-likeness (QED) is 0.762. The van der Waals surface area contributed by atoms with Crippen LogP contribution in [0.1, 0.15) is 16.1 Å². The molecule has 0 aliphatic rings. The summed E-state index contributed by atoms with van der Waals surface area (Å²) in [6.07, 6.45) is 0. The lowest BCUT2D eigenvalue weighted by Crippen LogP contribution is -2.06. The van der Waals surface area contributed by atoms with Crippen molar-refractivity contribution in [3.05, 3.63) is 59.5 Å². The lowest BCUT2D eigenvalue weighted by molar-refractivity contribution is 0.103. The Balaban J connectivity index is 2.40. The van der Waals surface area contributed by atoms with Gasteiger partial charge in [-0.3, -0.25) is 4.79 Å². The lowest BCUT2D eigenvalue weighted by Gasteiger charge is -2.03. The maximum atomic E-state index is 13.4. The van der Waals surface area contributed by atoms with Crippen LogP contribution in [0.25, 0.3) is 0 Å². The third-order valence-electron chi connectivity index (χ3n) is 2.28. The highest BCUT2D eigenvalue weighted by Gasteiger charge is 2.14. The summed E-state index contributed by atoms with van der Waals surface area (Å²) >= 11 is 0. The number of carbonyl (C=O) groups excluding carboxylic acids is 1. The maximum Gasteiger partial charge on any atom is 0.214 e. The Morgan fingerprint density at radius 3 is 2.65 bits per heavy atom. The molecule has 0 atom stereocenters. The highest BCUT2D eigenvalue weighted by molar-refractivity contribution is 6.07. The third kappa shape index (κ3) is 2.30. The molecular formula is C13H10FNO2. The van der Waals surface area contributed by atoms with Crippen LogP contribution in [-0.4, -0.2) is 17.9 Å². The van der Waals surface area contributed by atoms with E-state index >= 15 is 0 Å². The van der Waals surface area contributed by atoms with Gasteiger partial charge < -0.3 is 4.74 Å². The normalized spacial score (nSPS) is 10.0. The predicted molar refractivity (Wildman–Crippen MR) is 60.6 cm³/mol. The number of nitrogens with zero attached hydrogens (tertiary/aromatic N) is 1. The summed E-state index contributed by atoms with van der Waals surface area (Å²) in [5.74, 6) is -0.684. The van der Waals surface area contributed by atoms with E-state index in [9.17, 15) is 9.18 Å². The number of hydrogen-bond acceptors (Lipinski definition) is 3. The first-order chi connectivity index (χ1) is 8.22. The Morgan fingerprint density at radius 1 is 1.18 bits per heavy atom. The maximum absolute atomic E-state index is 13.4. The second-order valence-corrected chi connectivity index (χ2v) is 3.37. The number of benzene rings is 1. The van der Waals surface area contributed by atoms with Gasteiger partial charge in [0.25, 0.3) is 0 Å². The molecule has 2 rings (SSSR count). The average molecular weight is 231 g/mol. The zero-order valence-electron chi connectivity index (χ0n) is 9.18. The molecule has 0 aliphatic heterocycles. The number of pyridine rings is 1. The van der Waals surface area contributed by atoms with E-state index in [0.29, 0.717) is 5.88 Å². The molecule has 0 saturated carbocycles. The standard InChI is InChI=1S/C13H10FNO2/c1-17-12-8-4-7-11(15-12)13(16)9-5-2-3-6-10(9)14/h2-8H,1H3. The Bertz CT molecular complexity index is 555. The fourth-order valence-electron chi connectivity index (χ4n) is 1.44. The smallest absolute Gasteiger partial charge is 0.214 e. The molecule has 4 heteroatoms. The highest BCUT2D eigenvalue weighted by atomic mass is 19.1. The van der Waals surface area contributed by atoms with Crippen molar-refractivity contribution < 1.29 is 13.9 Å². The number of halogens is 1. The van der Waals surface area contributed by atoms with E-state index in [2.05, 4.69) is 4.98 Å². The fraction of sp³-hybridized carbons (Fsp3) is 0.0769. The van der Waals surface area contributed by atoms with E-state index < -0.39 is 11.6 Å². The van der Waals surface area contributed by atoms with Crippen LogP contribution in [0, 0.1) is 5.82 Å². The van der Waals surface area contributed by atoms with E-state index in [1.807, 2.05) is 0 Å². The van der Waals surface area contributed by atoms with Crippen molar-refractivity contribution in [1.82, 2.24) is 4.98 Å². The van der Waals surface area contributed by atoms with Gasteiger partial charge in [0.1, 0.15) is 11.5 Å². The van der Waals surface area contributed by atoms with Crippen LogP contribution in [0.5, 0.6) is 5.88 Å². The van der Waals surface area contributed by atoms with Gasteiger partial charge in [0.05, 0.1) is 12.7 Å². The van der Waals surface area contributed by atoms with Crippen molar-refractivity contribution in [3.8, 4) is 5.88 Å². The number of ether oxygens (including phenoxy) is 1. The van der Waals surface area contributed by atoms with E-state index in [1.165, 1.54) is 31.4 Å². The molecule has 1 aromatic heterocycles. The Kier molecular flexibility index (Phi) is 3.14. The molecule has 1 aromatic carbocycles. The summed E-state index contributed by atoms with van der Waals surface area (Å²) < 4.78 is 18.3. The molecule has 2 aromatic rings. The van der Waals surface area contributed by atoms with Gasteiger partial charge in [-0.05, 0) is 18.2 Å². The Morgan fingerprint density at radius 2 is 1.94 bits per heavy atom. The van der Waals surface area contributed by atoms with E-state index in [1.54, 1.807) is 18.2 Å². The van der Waals surface area contributed by atoms with Crippen LogP contribution in [0.2, 0.25) is 0 Å². The second kappa shape index (κ2) is 4.74. The van der Waals surface area contributed by atoms with Crippen LogP contribution < -0.4 is 4.74 Å². The van der Waals surface area contributed by atoms with Crippen LogP contribution in [0.3, 0.4) is 0 Å². The van der Waals surface area contributed by atoms with E-state index in [-0.39, 0.29) is 11.3 Å². The van der Waals surface area contributed by atoms with Gasteiger partial charge in [0.15, 0.2) is 0 Å². The van der Waals surface area contributed by atoms with Crippen molar-refractivity contribution >= 4 is 5.78 Å². The Labute approximate surface area is 97.9 Å². The molecule has 0 aliphatic carbocycles. The molecule has 0 fully saturated rings. The zero-order valence-corrected chi connectivity index (χ0v) is 9.18. The predicted octanol–water partition coefficient (Wildman–Crippen LogP) is 2.46. The molecule has 86 valence electrons. The summed E-state index contributed by atoms with van der Waals surface area (Å²) in [7, 11) is 1.46. The van der Waals surface area contributed by atoms with Crippen LogP contribution in [0.4, 0.5) is 4.39 Å². The number of aromatic nitrogens is 1. The third-order valence-corrected chi connectivity index (χ3v) is 2.28. The first kappa shape index (κ1) is 11.3. The lowest BCUT2D eigenvalue weighted by atomic mass is 10.1. The molecule has 0 saturated heterocycles. The van der Waals surface area contributed by atoms with E-state index in [0.717, 1.165) is 0 Å². The number of methoxy groups -OCH3 is 1. The van der Waals surface area contributed by atoms with E-state index in [4.69, 9.17) is 4.74 Å². The second-order valence-electron chi connectivity index (χ2n) is 3.37. The highest BCUT2D eigenvalue weighted by Crippen LogP contribution is 2.14. The molecule has 0 N–H and O–H groups in total. The summed E-state index contributed by atoms with van der Waals surface area (Å²) in [5.41, 5.74) is 0.169. The molecule has 0 radical (unpaired) electrons. The molecule has 3 nitrogen and oxygen atoms in total. The SMILES string of the molecule is COc1cccc(C(=O)c2ccccc2F)n1. The minimum Gasteiger partial charge on any atom is -0.481 e. The monoisotopic (exact) mass is 231 g/mol. The van der Waals surface area contributed by atoms with Crippen molar-refractivity contribution in [1.29, 1.82) is 0 Å². The van der Waals surface area contributed by atoms with Crippen molar-refractivity contribution in [3.63, 3.8) is 0 Å². The molecule has 0 spiro atoms. The minimum atomic E-state index is -0.554. The van der Waals surface area contributed by atoms with Gasteiger partial charge in [0.2, 0.25) is 11.7 Å². The Hall–Kier alpha value is -2.23. The molecule has 0 bridgehead atoms. The van der Waals surface area contributed by atoms with Crippen molar-refractivity contribution in [2.45, 2.75) is 0 Å². The number of carbonyl (C=O) groups is 1. The first-order valence-electron chi connectivity index (χ1n) is 5.02. The largest absolute Gasteiger partial charge is 0.481 e. The van der Waals surface area contributed by atoms with Gasteiger partial charge in [0, 0.05) is 6.07 Å². The zero-order chi connectivity index (χ0) is 12.3. The number of rotatable bonds is 3. The van der Waals surface area contributed by atoms with Gasteiger partial charge in [-0.25, -0.2) is 9.37 Å². The summed E-state index contributed by atoms with van der Waals surface area (Å²) in [6.45, 7) is 0. The van der Waals surface area contributed by atoms with Crippen molar-refractivity contribution in [2.75, 3.05) is 7.11 Å². The molecular weight excluding hydrogens is 221 g/mol. The van der Waals surface area contributed by atoms with Crippen molar-refractivity contribution in [2.24, 2.45) is 0 Å². The topological polar surface area (TPSA) is 39.2 Å². The number of ketones is 1. The number of hydrogen-bond donors (Lipinski definition) is 0. The molecule has 0 unspecified atom stereocenters. The fourth-order valence-corrected chi connectivity index (χ4v) is 1.44. The van der Waals surface area contributed by atoms with Crippen LogP contribution in [-0.2, 0) is 0 Å². The summed E-state index contributed by atoms with van der Waals surface area (Å²) in [5, 5.41) is 0. The van der Waals surface area contributed by atoms with Gasteiger partial charge in [-0.1, -0.05) is 18.2 Å². The summed E-state index contributed by atoms with van der Waals surface area (Å²) in [6, 6.07) is 10.6. The minimum absolute atomic E-state index is 0.00764. The average Bonchev–Trinajstić information content (AvgIpc) is 2.38. The first-order valence-corrected chi connectivity index (χ1v) is 5.02. The van der Waals surface area contributed by atoms with Crippen LogP contribution >= 0.6 is 0 Å². The van der Waals surface area contributed by atoms with Gasteiger partial charge in [-0.15, -0.1) is 0 Å². The molecule has 1 heterocycles. The summed E-state index contributed by atoms with van der Waals surface area (Å²) in [4.78, 5) is 15.9. The molecule has 17 heavy (non-hydrogen) atoms. The molecule has 0 amide bonds. The van der Waals surface area contributed by atoms with Crippen LogP contribution in [0.15, 0.2) is 42.5 Å². The van der Waals surface area contributed by atoms with Gasteiger partial charge in [-0.2, -0.15) is 0 Å². The van der Waals surface area contributed by atoms with Gasteiger partial charge >= 0.3 is 0 Å².